The van der Waals surface area contributed by atoms with Gasteiger partial charge in [0.15, 0.2) is 0 Å². The quantitative estimate of drug-likeness (QED) is 0.488. The Morgan fingerprint density at radius 3 is 2.36 bits per heavy atom. The van der Waals surface area contributed by atoms with Gasteiger partial charge >= 0.3 is 0 Å². The van der Waals surface area contributed by atoms with Gasteiger partial charge in [0, 0.05) is 12.8 Å². The highest BCUT2D eigenvalue weighted by Gasteiger charge is 2.21. The first kappa shape index (κ1) is 8.51. The van der Waals surface area contributed by atoms with Gasteiger partial charge in [-0.05, 0) is 11.8 Å². The maximum atomic E-state index is 11.1. The van der Waals surface area contributed by atoms with Crippen molar-refractivity contribution in [3.05, 3.63) is 11.6 Å². The van der Waals surface area contributed by atoms with Gasteiger partial charge in [0.1, 0.15) is 5.78 Å². The monoisotopic (exact) mass is 152 g/mol. The molecule has 1 nitrogen and oxygen atoms in total. The zero-order valence-corrected chi connectivity index (χ0v) is 7.61. The molecule has 0 fully saturated rings. The summed E-state index contributed by atoms with van der Waals surface area (Å²) in [5.74, 6) is 0.400. The van der Waals surface area contributed by atoms with Crippen molar-refractivity contribution in [3.63, 3.8) is 0 Å². The zero-order chi connectivity index (χ0) is 8.48. The van der Waals surface area contributed by atoms with Crippen LogP contribution in [-0.4, -0.2) is 5.78 Å². The maximum absolute atomic E-state index is 11.1. The first-order chi connectivity index (χ1) is 5.00. The Balaban J connectivity index is 2.73. The molecule has 0 radical (unpaired) electrons. The standard InChI is InChI=1S/C10H16O/c1-10(2,3)8-5-4-6-9(11)7-8/h5H,4,6-7H2,1-3H3. The van der Waals surface area contributed by atoms with Gasteiger partial charge in [-0.3, -0.25) is 4.79 Å². The van der Waals surface area contributed by atoms with E-state index in [1.807, 2.05) is 0 Å². The summed E-state index contributed by atoms with van der Waals surface area (Å²) in [5.41, 5.74) is 1.50. The van der Waals surface area contributed by atoms with E-state index in [0.29, 0.717) is 12.2 Å². The Morgan fingerprint density at radius 2 is 2.00 bits per heavy atom. The van der Waals surface area contributed by atoms with E-state index >= 15 is 0 Å². The lowest BCUT2D eigenvalue weighted by atomic mass is 9.80. The molecule has 1 aliphatic rings. The lowest BCUT2D eigenvalue weighted by Gasteiger charge is -2.25. The van der Waals surface area contributed by atoms with Crippen LogP contribution in [0.15, 0.2) is 11.6 Å². The second kappa shape index (κ2) is 2.80. The van der Waals surface area contributed by atoms with Crippen molar-refractivity contribution in [2.24, 2.45) is 5.41 Å². The number of ketones is 1. The van der Waals surface area contributed by atoms with Crippen molar-refractivity contribution >= 4 is 5.78 Å². The highest BCUT2D eigenvalue weighted by Crippen LogP contribution is 2.31. The average Bonchev–Trinajstić information content (AvgIpc) is 1.86. The van der Waals surface area contributed by atoms with E-state index in [1.165, 1.54) is 5.57 Å². The van der Waals surface area contributed by atoms with E-state index in [9.17, 15) is 4.79 Å². The number of hydrogen-bond donors (Lipinski definition) is 0. The second-order valence-corrected chi connectivity index (χ2v) is 4.23. The molecule has 0 aromatic carbocycles. The van der Waals surface area contributed by atoms with Crippen LogP contribution in [-0.2, 0) is 4.79 Å². The highest BCUT2D eigenvalue weighted by atomic mass is 16.1. The summed E-state index contributed by atoms with van der Waals surface area (Å²) < 4.78 is 0. The minimum atomic E-state index is 0.191. The Kier molecular flexibility index (Phi) is 2.17. The van der Waals surface area contributed by atoms with Crippen molar-refractivity contribution in [2.45, 2.75) is 40.0 Å². The molecule has 0 aromatic heterocycles. The Bertz CT molecular complexity index is 193. The predicted molar refractivity (Wildman–Crippen MR) is 46.4 cm³/mol. The summed E-state index contributed by atoms with van der Waals surface area (Å²) in [6, 6.07) is 0. The summed E-state index contributed by atoms with van der Waals surface area (Å²) in [6.45, 7) is 6.49. The smallest absolute Gasteiger partial charge is 0.137 e. The Morgan fingerprint density at radius 1 is 1.36 bits per heavy atom. The third kappa shape index (κ3) is 2.18. The van der Waals surface area contributed by atoms with Crippen LogP contribution < -0.4 is 0 Å². The van der Waals surface area contributed by atoms with Gasteiger partial charge in [-0.15, -0.1) is 0 Å². The van der Waals surface area contributed by atoms with E-state index in [1.54, 1.807) is 0 Å². The fraction of sp³-hybridized carbons (Fsp3) is 0.700. The normalized spacial score (nSPS) is 19.9. The second-order valence-electron chi connectivity index (χ2n) is 4.23. The molecule has 0 saturated heterocycles. The van der Waals surface area contributed by atoms with E-state index < -0.39 is 0 Å². The SMILES string of the molecule is CC(C)(C)C1=CCCC(=O)C1. The predicted octanol–water partition coefficient (Wildman–Crippen LogP) is 2.71. The molecule has 11 heavy (non-hydrogen) atoms. The molecule has 0 bridgehead atoms. The maximum Gasteiger partial charge on any atom is 0.137 e. The minimum Gasteiger partial charge on any atom is -0.299 e. The molecule has 0 spiro atoms. The van der Waals surface area contributed by atoms with Crippen molar-refractivity contribution < 1.29 is 4.79 Å². The largest absolute Gasteiger partial charge is 0.299 e. The van der Waals surface area contributed by atoms with Gasteiger partial charge in [-0.25, -0.2) is 0 Å². The van der Waals surface area contributed by atoms with Crippen molar-refractivity contribution in [3.8, 4) is 0 Å². The van der Waals surface area contributed by atoms with Gasteiger partial charge < -0.3 is 0 Å². The van der Waals surface area contributed by atoms with Gasteiger partial charge in [0.2, 0.25) is 0 Å². The summed E-state index contributed by atoms with van der Waals surface area (Å²) in [5, 5.41) is 0. The summed E-state index contributed by atoms with van der Waals surface area (Å²) in [6.07, 6.45) is 4.61. The van der Waals surface area contributed by atoms with Crippen LogP contribution in [0.5, 0.6) is 0 Å². The van der Waals surface area contributed by atoms with Crippen LogP contribution in [0.2, 0.25) is 0 Å². The lowest BCUT2D eigenvalue weighted by molar-refractivity contribution is -0.118. The van der Waals surface area contributed by atoms with Gasteiger partial charge in [-0.1, -0.05) is 32.4 Å². The average molecular weight is 152 g/mol. The summed E-state index contributed by atoms with van der Waals surface area (Å²) >= 11 is 0. The molecule has 0 unspecified atom stereocenters. The molecule has 62 valence electrons. The number of Topliss-reactive ketones (excluding diaryl/α,β-unsaturated/α-hetero) is 1. The first-order valence-electron chi connectivity index (χ1n) is 4.21. The fourth-order valence-corrected chi connectivity index (χ4v) is 1.35. The number of rotatable bonds is 0. The molecule has 0 N–H and O–H groups in total. The molecular formula is C10H16O. The lowest BCUT2D eigenvalue weighted by Crippen LogP contribution is -2.16. The van der Waals surface area contributed by atoms with Gasteiger partial charge in [0.05, 0.1) is 0 Å². The van der Waals surface area contributed by atoms with E-state index in [0.717, 1.165) is 12.8 Å². The molecule has 0 atom stereocenters. The van der Waals surface area contributed by atoms with E-state index in [-0.39, 0.29) is 5.41 Å². The van der Waals surface area contributed by atoms with E-state index in [4.69, 9.17) is 0 Å². The summed E-state index contributed by atoms with van der Waals surface area (Å²) in [4.78, 5) is 11.1. The van der Waals surface area contributed by atoms with Crippen molar-refractivity contribution in [1.82, 2.24) is 0 Å². The van der Waals surface area contributed by atoms with Crippen LogP contribution >= 0.6 is 0 Å². The molecule has 0 heterocycles. The highest BCUT2D eigenvalue weighted by molar-refractivity contribution is 5.82. The van der Waals surface area contributed by atoms with Gasteiger partial charge in [-0.2, -0.15) is 0 Å². The molecule has 0 aromatic rings. The molecule has 1 aliphatic carbocycles. The number of carbonyl (C=O) groups excluding carboxylic acids is 1. The molecule has 1 rings (SSSR count). The van der Waals surface area contributed by atoms with Crippen molar-refractivity contribution in [2.75, 3.05) is 0 Å². The number of hydrogen-bond acceptors (Lipinski definition) is 1. The van der Waals surface area contributed by atoms with Crippen LogP contribution in [0.3, 0.4) is 0 Å². The van der Waals surface area contributed by atoms with Crippen LogP contribution in [0, 0.1) is 5.41 Å². The Hall–Kier alpha value is -0.590. The minimum absolute atomic E-state index is 0.191. The topological polar surface area (TPSA) is 17.1 Å². The molecule has 0 aliphatic heterocycles. The molecule has 1 heteroatoms. The first-order valence-corrected chi connectivity index (χ1v) is 4.21. The zero-order valence-electron chi connectivity index (χ0n) is 7.61. The third-order valence-electron chi connectivity index (χ3n) is 2.16. The molecule has 0 amide bonds. The van der Waals surface area contributed by atoms with Gasteiger partial charge in [0.25, 0.3) is 0 Å². The molecule has 0 saturated carbocycles. The van der Waals surface area contributed by atoms with E-state index in [2.05, 4.69) is 26.8 Å². The third-order valence-corrected chi connectivity index (χ3v) is 2.16. The summed E-state index contributed by atoms with van der Waals surface area (Å²) in [7, 11) is 0. The fourth-order valence-electron chi connectivity index (χ4n) is 1.35. The van der Waals surface area contributed by atoms with Crippen LogP contribution in [0.1, 0.15) is 40.0 Å². The van der Waals surface area contributed by atoms with Crippen LogP contribution in [0.4, 0.5) is 0 Å². The number of allylic oxidation sites excluding steroid dienone is 2. The van der Waals surface area contributed by atoms with Crippen molar-refractivity contribution in [1.29, 1.82) is 0 Å². The molecular weight excluding hydrogens is 136 g/mol. The number of carbonyl (C=O) groups is 1. The Labute approximate surface area is 68.5 Å². The van der Waals surface area contributed by atoms with Crippen LogP contribution in [0.25, 0.3) is 0 Å².